The van der Waals surface area contributed by atoms with E-state index < -0.39 is 6.10 Å². The van der Waals surface area contributed by atoms with Gasteiger partial charge in [-0.15, -0.1) is 0 Å². The van der Waals surface area contributed by atoms with Gasteiger partial charge in [-0.3, -0.25) is 14.4 Å². The lowest BCUT2D eigenvalue weighted by molar-refractivity contribution is -0.167. The molecular formula is C71H128O6. The van der Waals surface area contributed by atoms with Crippen molar-refractivity contribution >= 4 is 17.9 Å². The molecule has 0 aromatic heterocycles. The number of carbonyl (C=O) groups is 3. The van der Waals surface area contributed by atoms with Crippen LogP contribution in [0.4, 0.5) is 0 Å². The van der Waals surface area contributed by atoms with Gasteiger partial charge < -0.3 is 14.2 Å². The molecule has 0 amide bonds. The Morgan fingerprint density at radius 1 is 0.273 bits per heavy atom. The highest BCUT2D eigenvalue weighted by molar-refractivity contribution is 5.71. The van der Waals surface area contributed by atoms with Crippen molar-refractivity contribution in [1.29, 1.82) is 0 Å². The molecule has 0 fully saturated rings. The van der Waals surface area contributed by atoms with E-state index in [1.54, 1.807) is 0 Å². The molecule has 0 heterocycles. The molecule has 0 bridgehead atoms. The van der Waals surface area contributed by atoms with E-state index in [0.717, 1.165) is 103 Å². The summed E-state index contributed by atoms with van der Waals surface area (Å²) in [6.07, 6.45) is 83.8. The van der Waals surface area contributed by atoms with Gasteiger partial charge in [-0.25, -0.2) is 0 Å². The van der Waals surface area contributed by atoms with Gasteiger partial charge in [0, 0.05) is 19.3 Å². The van der Waals surface area contributed by atoms with Gasteiger partial charge in [0.15, 0.2) is 6.10 Å². The quantitative estimate of drug-likeness (QED) is 0.0261. The van der Waals surface area contributed by atoms with Crippen LogP contribution in [0.1, 0.15) is 355 Å². The average molecular weight is 1080 g/mol. The van der Waals surface area contributed by atoms with Gasteiger partial charge in [0.05, 0.1) is 0 Å². The average Bonchev–Trinajstić information content (AvgIpc) is 3.43. The van der Waals surface area contributed by atoms with Gasteiger partial charge in [0.2, 0.25) is 0 Å². The second-order valence-corrected chi connectivity index (χ2v) is 22.7. The Morgan fingerprint density at radius 2 is 0.506 bits per heavy atom. The number of carbonyl (C=O) groups excluding carboxylic acids is 3. The van der Waals surface area contributed by atoms with E-state index in [9.17, 15) is 14.4 Å². The molecule has 77 heavy (non-hydrogen) atoms. The Balaban J connectivity index is 4.32. The molecule has 6 heteroatoms. The number of ether oxygens (including phenoxy) is 3. The van der Waals surface area contributed by atoms with Crippen molar-refractivity contribution in [2.24, 2.45) is 0 Å². The lowest BCUT2D eigenvalue weighted by atomic mass is 10.0. The lowest BCUT2D eigenvalue weighted by Crippen LogP contribution is -2.30. The SMILES string of the molecule is CC/C=C\C/C=C\C/C=C\C/C=C\CCCCCCCCC(=O)OC(COC(=O)CCCCCCC/C=C\CCCCCCCCC)COC(=O)CCCCCCCCCCCCCCCCCCCCCCCCCC. The van der Waals surface area contributed by atoms with Crippen molar-refractivity contribution in [2.75, 3.05) is 13.2 Å². The van der Waals surface area contributed by atoms with Crippen molar-refractivity contribution in [3.63, 3.8) is 0 Å². The Morgan fingerprint density at radius 3 is 0.805 bits per heavy atom. The first-order valence-electron chi connectivity index (χ1n) is 33.8. The summed E-state index contributed by atoms with van der Waals surface area (Å²) in [4.78, 5) is 38.4. The molecule has 1 unspecified atom stereocenters. The third kappa shape index (κ3) is 63.8. The molecule has 0 rings (SSSR count). The largest absolute Gasteiger partial charge is 0.462 e. The number of esters is 3. The molecule has 0 aliphatic heterocycles. The van der Waals surface area contributed by atoms with E-state index in [2.05, 4.69) is 81.5 Å². The van der Waals surface area contributed by atoms with Crippen molar-refractivity contribution in [3.05, 3.63) is 60.8 Å². The minimum atomic E-state index is -0.785. The molecule has 6 nitrogen and oxygen atoms in total. The molecule has 0 radical (unpaired) electrons. The molecular weight excluding hydrogens is 949 g/mol. The van der Waals surface area contributed by atoms with Gasteiger partial charge >= 0.3 is 17.9 Å². The molecule has 1 atom stereocenters. The topological polar surface area (TPSA) is 78.9 Å². The zero-order chi connectivity index (χ0) is 55.7. The van der Waals surface area contributed by atoms with Crippen LogP contribution in [0, 0.1) is 0 Å². The molecule has 0 saturated carbocycles. The summed E-state index contributed by atoms with van der Waals surface area (Å²) >= 11 is 0. The third-order valence-electron chi connectivity index (χ3n) is 15.0. The molecule has 0 aliphatic carbocycles. The van der Waals surface area contributed by atoms with E-state index in [0.29, 0.717) is 19.3 Å². The Hall–Kier alpha value is -2.89. The van der Waals surface area contributed by atoms with Crippen LogP contribution in [0.15, 0.2) is 60.8 Å². The van der Waals surface area contributed by atoms with Crippen LogP contribution in [0.5, 0.6) is 0 Å². The maximum atomic E-state index is 12.9. The van der Waals surface area contributed by atoms with Crippen LogP contribution in [-0.2, 0) is 28.6 Å². The smallest absolute Gasteiger partial charge is 0.306 e. The number of rotatable bonds is 62. The Bertz CT molecular complexity index is 1380. The molecule has 0 aromatic carbocycles. The van der Waals surface area contributed by atoms with Crippen molar-refractivity contribution < 1.29 is 28.6 Å². The van der Waals surface area contributed by atoms with Gasteiger partial charge in [0.25, 0.3) is 0 Å². The predicted octanol–water partition coefficient (Wildman–Crippen LogP) is 23.1. The highest BCUT2D eigenvalue weighted by atomic mass is 16.6. The first kappa shape index (κ1) is 74.1. The van der Waals surface area contributed by atoms with E-state index >= 15 is 0 Å². The summed E-state index contributed by atoms with van der Waals surface area (Å²) < 4.78 is 17.0. The fourth-order valence-corrected chi connectivity index (χ4v) is 9.96. The zero-order valence-electron chi connectivity index (χ0n) is 51.5. The van der Waals surface area contributed by atoms with E-state index in [-0.39, 0.29) is 31.1 Å². The third-order valence-corrected chi connectivity index (χ3v) is 15.0. The summed E-state index contributed by atoms with van der Waals surface area (Å²) in [6.45, 7) is 6.56. The second-order valence-electron chi connectivity index (χ2n) is 22.7. The number of allylic oxidation sites excluding steroid dienone is 10. The summed E-state index contributed by atoms with van der Waals surface area (Å²) in [6, 6.07) is 0. The number of unbranched alkanes of at least 4 members (excludes halogenated alkanes) is 41. The highest BCUT2D eigenvalue weighted by Crippen LogP contribution is 2.18. The van der Waals surface area contributed by atoms with Crippen molar-refractivity contribution in [3.8, 4) is 0 Å². The van der Waals surface area contributed by atoms with Gasteiger partial charge in [-0.2, -0.15) is 0 Å². The molecule has 0 spiro atoms. The molecule has 0 N–H and O–H groups in total. The first-order valence-corrected chi connectivity index (χ1v) is 33.8. The van der Waals surface area contributed by atoms with Crippen molar-refractivity contribution in [1.82, 2.24) is 0 Å². The molecule has 448 valence electrons. The van der Waals surface area contributed by atoms with Gasteiger partial charge in [-0.05, 0) is 83.5 Å². The first-order chi connectivity index (χ1) is 38.0. The normalized spacial score (nSPS) is 12.4. The van der Waals surface area contributed by atoms with Crippen LogP contribution < -0.4 is 0 Å². The van der Waals surface area contributed by atoms with Gasteiger partial charge in [0.1, 0.15) is 13.2 Å². The summed E-state index contributed by atoms with van der Waals surface area (Å²) in [5, 5.41) is 0. The van der Waals surface area contributed by atoms with Crippen LogP contribution in [0.25, 0.3) is 0 Å². The monoisotopic (exact) mass is 1080 g/mol. The van der Waals surface area contributed by atoms with Crippen molar-refractivity contribution in [2.45, 2.75) is 361 Å². The maximum Gasteiger partial charge on any atom is 0.306 e. The summed E-state index contributed by atoms with van der Waals surface area (Å²) in [5.74, 6) is -0.881. The van der Waals surface area contributed by atoms with Crippen LogP contribution in [0.3, 0.4) is 0 Å². The van der Waals surface area contributed by atoms with Gasteiger partial charge in [-0.1, -0.05) is 313 Å². The summed E-state index contributed by atoms with van der Waals surface area (Å²) in [5.41, 5.74) is 0. The fraction of sp³-hybridized carbons (Fsp3) is 0.817. The standard InChI is InChI=1S/C71H128O6/c1-4-7-10-13-16-19-22-25-28-31-33-34-35-36-37-39-40-43-46-49-52-55-58-61-64-70(73)76-67-68(66-75-69(72)63-60-57-54-51-48-45-42-30-27-24-21-18-15-12-9-6-3)77-71(74)65-62-59-56-53-50-47-44-41-38-32-29-26-23-20-17-14-11-8-5-2/h8,11,17,20,26,29-30,38,41-42,68H,4-7,9-10,12-16,18-19,21-25,27-28,31-37,39-40,43-67H2,1-3H3/b11-8-,20-17-,29-26-,41-38-,42-30-. The minimum Gasteiger partial charge on any atom is -0.462 e. The van der Waals surface area contributed by atoms with E-state index in [1.165, 1.54) is 212 Å². The predicted molar refractivity (Wildman–Crippen MR) is 335 cm³/mol. The number of hydrogen-bond donors (Lipinski definition) is 0. The Kier molecular flexibility index (Phi) is 63.2. The molecule has 0 aromatic rings. The summed E-state index contributed by atoms with van der Waals surface area (Å²) in [7, 11) is 0. The Labute approximate surface area is 479 Å². The van der Waals surface area contributed by atoms with Crippen LogP contribution in [-0.4, -0.2) is 37.2 Å². The minimum absolute atomic E-state index is 0.0793. The van der Waals surface area contributed by atoms with Crippen LogP contribution in [0.2, 0.25) is 0 Å². The second kappa shape index (κ2) is 65.6. The fourth-order valence-electron chi connectivity index (χ4n) is 9.96. The lowest BCUT2D eigenvalue weighted by Gasteiger charge is -2.18. The number of hydrogen-bond acceptors (Lipinski definition) is 6. The maximum absolute atomic E-state index is 12.9. The highest BCUT2D eigenvalue weighted by Gasteiger charge is 2.19. The molecule has 0 aliphatic rings. The van der Waals surface area contributed by atoms with E-state index in [4.69, 9.17) is 14.2 Å². The van der Waals surface area contributed by atoms with Crippen LogP contribution >= 0.6 is 0 Å². The molecule has 0 saturated heterocycles. The zero-order valence-corrected chi connectivity index (χ0v) is 51.5. The van der Waals surface area contributed by atoms with E-state index in [1.807, 2.05) is 0 Å².